The fourth-order valence-electron chi connectivity index (χ4n) is 5.80. The van der Waals surface area contributed by atoms with Crippen molar-refractivity contribution in [3.8, 4) is 5.75 Å². The van der Waals surface area contributed by atoms with Crippen molar-refractivity contribution >= 4 is 11.6 Å². The largest absolute Gasteiger partial charge is 0.494 e. The van der Waals surface area contributed by atoms with Gasteiger partial charge in [0, 0.05) is 11.0 Å². The van der Waals surface area contributed by atoms with Gasteiger partial charge in [0.15, 0.2) is 0 Å². The SMILES string of the molecule is CCCCOc1ccc(C(=O)C(=O)C23CC4CC(CC(C4)C2)C3)cc1. The fraction of sp³-hybridized carbons (Fsp3) is 0.636. The lowest BCUT2D eigenvalue weighted by Crippen LogP contribution is -2.51. The highest BCUT2D eigenvalue weighted by atomic mass is 16.5. The molecule has 0 aromatic heterocycles. The first-order valence-electron chi connectivity index (χ1n) is 9.91. The summed E-state index contributed by atoms with van der Waals surface area (Å²) < 4.78 is 5.65. The van der Waals surface area contributed by atoms with Crippen molar-refractivity contribution in [3.63, 3.8) is 0 Å². The van der Waals surface area contributed by atoms with Gasteiger partial charge in [-0.2, -0.15) is 0 Å². The summed E-state index contributed by atoms with van der Waals surface area (Å²) in [5.41, 5.74) is 0.172. The van der Waals surface area contributed by atoms with Crippen LogP contribution in [0.25, 0.3) is 0 Å². The van der Waals surface area contributed by atoms with Crippen molar-refractivity contribution in [2.75, 3.05) is 6.61 Å². The minimum atomic E-state index is -0.345. The molecule has 0 atom stereocenters. The summed E-state index contributed by atoms with van der Waals surface area (Å²) in [7, 11) is 0. The van der Waals surface area contributed by atoms with E-state index in [0.29, 0.717) is 29.9 Å². The molecule has 25 heavy (non-hydrogen) atoms. The van der Waals surface area contributed by atoms with Gasteiger partial charge in [0.2, 0.25) is 11.6 Å². The van der Waals surface area contributed by atoms with Crippen LogP contribution in [0.15, 0.2) is 24.3 Å². The van der Waals surface area contributed by atoms with E-state index in [1.165, 1.54) is 19.3 Å². The molecule has 3 nitrogen and oxygen atoms in total. The molecule has 0 amide bonds. The molecule has 4 fully saturated rings. The number of hydrogen-bond donors (Lipinski definition) is 0. The van der Waals surface area contributed by atoms with Gasteiger partial charge in [0.25, 0.3) is 0 Å². The first kappa shape index (κ1) is 16.8. The van der Waals surface area contributed by atoms with E-state index in [2.05, 4.69) is 6.92 Å². The lowest BCUT2D eigenvalue weighted by molar-refractivity contribution is -0.138. The Morgan fingerprint density at radius 2 is 1.56 bits per heavy atom. The lowest BCUT2D eigenvalue weighted by Gasteiger charge is -2.55. The van der Waals surface area contributed by atoms with Gasteiger partial charge in [-0.3, -0.25) is 9.59 Å². The highest BCUT2D eigenvalue weighted by molar-refractivity contribution is 6.45. The normalized spacial score (nSPS) is 32.6. The quantitative estimate of drug-likeness (QED) is 0.405. The molecule has 4 bridgehead atoms. The molecule has 0 radical (unpaired) electrons. The lowest BCUT2D eigenvalue weighted by atomic mass is 9.48. The Labute approximate surface area is 150 Å². The van der Waals surface area contributed by atoms with Crippen molar-refractivity contribution in [2.24, 2.45) is 23.2 Å². The zero-order valence-electron chi connectivity index (χ0n) is 15.1. The molecule has 1 aromatic rings. The Morgan fingerprint density at radius 3 is 2.08 bits per heavy atom. The van der Waals surface area contributed by atoms with Crippen LogP contribution in [0.2, 0.25) is 0 Å². The van der Waals surface area contributed by atoms with Gasteiger partial charge < -0.3 is 4.74 Å². The number of Topliss-reactive ketones (excluding diaryl/α,β-unsaturated/α-hetero) is 2. The molecule has 0 N–H and O–H groups in total. The maximum absolute atomic E-state index is 13.1. The molecule has 0 unspecified atom stereocenters. The number of ether oxygens (including phenoxy) is 1. The molecule has 0 heterocycles. The van der Waals surface area contributed by atoms with E-state index in [1.807, 2.05) is 12.1 Å². The Bertz CT molecular complexity index is 623. The summed E-state index contributed by atoms with van der Waals surface area (Å²) in [5, 5.41) is 0. The maximum Gasteiger partial charge on any atom is 0.229 e. The first-order chi connectivity index (χ1) is 12.1. The standard InChI is InChI=1S/C22H28O3/c1-2-3-8-25-19-6-4-18(5-7-19)20(23)21(24)22-12-15-9-16(13-22)11-17(10-15)14-22/h4-7,15-17H,2-3,8-14H2,1H3. The van der Waals surface area contributed by atoms with Crippen LogP contribution in [0.4, 0.5) is 0 Å². The minimum Gasteiger partial charge on any atom is -0.494 e. The fourth-order valence-corrected chi connectivity index (χ4v) is 5.80. The average molecular weight is 340 g/mol. The average Bonchev–Trinajstić information content (AvgIpc) is 2.60. The van der Waals surface area contributed by atoms with Gasteiger partial charge in [-0.1, -0.05) is 13.3 Å². The van der Waals surface area contributed by atoms with E-state index in [4.69, 9.17) is 4.74 Å². The Morgan fingerprint density at radius 1 is 1.00 bits per heavy atom. The molecule has 134 valence electrons. The molecule has 0 aliphatic heterocycles. The molecule has 4 aliphatic rings. The van der Waals surface area contributed by atoms with Gasteiger partial charge in [0.1, 0.15) is 5.75 Å². The van der Waals surface area contributed by atoms with Crippen molar-refractivity contribution in [1.82, 2.24) is 0 Å². The number of rotatable bonds is 7. The van der Waals surface area contributed by atoms with Gasteiger partial charge in [-0.25, -0.2) is 0 Å². The van der Waals surface area contributed by atoms with Gasteiger partial charge in [-0.05, 0) is 87.0 Å². The van der Waals surface area contributed by atoms with Gasteiger partial charge >= 0.3 is 0 Å². The molecule has 0 saturated heterocycles. The predicted molar refractivity (Wildman–Crippen MR) is 96.8 cm³/mol. The van der Waals surface area contributed by atoms with Crippen molar-refractivity contribution < 1.29 is 14.3 Å². The third kappa shape index (κ3) is 3.14. The van der Waals surface area contributed by atoms with Crippen molar-refractivity contribution in [3.05, 3.63) is 29.8 Å². The summed E-state index contributed by atoms with van der Waals surface area (Å²) in [6.45, 7) is 2.82. The summed E-state index contributed by atoms with van der Waals surface area (Å²) in [4.78, 5) is 26.0. The van der Waals surface area contributed by atoms with Crippen molar-refractivity contribution in [2.45, 2.75) is 58.3 Å². The Hall–Kier alpha value is -1.64. The third-order valence-electron chi connectivity index (χ3n) is 6.61. The summed E-state index contributed by atoms with van der Waals surface area (Å²) >= 11 is 0. The smallest absolute Gasteiger partial charge is 0.229 e. The van der Waals surface area contributed by atoms with Crippen LogP contribution in [0, 0.1) is 23.2 Å². The van der Waals surface area contributed by atoms with E-state index in [0.717, 1.165) is 37.9 Å². The summed E-state index contributed by atoms with van der Waals surface area (Å²) in [6.07, 6.45) is 8.80. The van der Waals surface area contributed by atoms with Crippen LogP contribution in [0.5, 0.6) is 5.75 Å². The molecule has 5 rings (SSSR count). The number of benzene rings is 1. The van der Waals surface area contributed by atoms with Crippen LogP contribution in [0.1, 0.15) is 68.6 Å². The molecule has 4 saturated carbocycles. The third-order valence-corrected chi connectivity index (χ3v) is 6.61. The Kier molecular flexibility index (Phi) is 4.43. The van der Waals surface area contributed by atoms with Gasteiger partial charge in [0.05, 0.1) is 6.61 Å². The summed E-state index contributed by atoms with van der Waals surface area (Å²) in [6, 6.07) is 7.13. The second-order valence-electron chi connectivity index (χ2n) is 8.58. The molecule has 0 spiro atoms. The number of ketones is 2. The topological polar surface area (TPSA) is 43.4 Å². The zero-order chi connectivity index (χ0) is 17.4. The second-order valence-corrected chi connectivity index (χ2v) is 8.58. The number of carbonyl (C=O) groups is 2. The second kappa shape index (κ2) is 6.59. The van der Waals surface area contributed by atoms with Crippen LogP contribution in [-0.2, 0) is 4.79 Å². The molecule has 4 aliphatic carbocycles. The number of carbonyl (C=O) groups excluding carboxylic acids is 2. The Balaban J connectivity index is 1.46. The van der Waals surface area contributed by atoms with Crippen LogP contribution in [-0.4, -0.2) is 18.2 Å². The molecule has 3 heteroatoms. The summed E-state index contributed by atoms with van der Waals surface area (Å²) in [5.74, 6) is 2.40. The van der Waals surface area contributed by atoms with E-state index >= 15 is 0 Å². The molecular weight excluding hydrogens is 312 g/mol. The minimum absolute atomic E-state index is 0.119. The van der Waals surface area contributed by atoms with Crippen LogP contribution < -0.4 is 4.74 Å². The molecule has 1 aromatic carbocycles. The maximum atomic E-state index is 13.1. The molecular formula is C22H28O3. The van der Waals surface area contributed by atoms with Crippen LogP contribution >= 0.6 is 0 Å². The highest BCUT2D eigenvalue weighted by Crippen LogP contribution is 2.60. The number of unbranched alkanes of at least 4 members (excludes halogenated alkanes) is 1. The van der Waals surface area contributed by atoms with E-state index in [-0.39, 0.29) is 17.0 Å². The monoisotopic (exact) mass is 340 g/mol. The van der Waals surface area contributed by atoms with E-state index < -0.39 is 0 Å². The van der Waals surface area contributed by atoms with E-state index in [1.54, 1.807) is 12.1 Å². The predicted octanol–water partition coefficient (Wildman–Crippen LogP) is 4.83. The highest BCUT2D eigenvalue weighted by Gasteiger charge is 2.55. The zero-order valence-corrected chi connectivity index (χ0v) is 15.1. The van der Waals surface area contributed by atoms with Gasteiger partial charge in [-0.15, -0.1) is 0 Å². The van der Waals surface area contributed by atoms with Crippen LogP contribution in [0.3, 0.4) is 0 Å². The van der Waals surface area contributed by atoms with E-state index in [9.17, 15) is 9.59 Å². The first-order valence-corrected chi connectivity index (χ1v) is 9.91. The number of hydrogen-bond acceptors (Lipinski definition) is 3. The van der Waals surface area contributed by atoms with Crippen molar-refractivity contribution in [1.29, 1.82) is 0 Å².